The zero-order valence-electron chi connectivity index (χ0n) is 11.2. The first-order valence-corrected chi connectivity index (χ1v) is 7.36. The maximum Gasteiger partial charge on any atom is 0.253 e. The molecule has 108 valence electrons. The summed E-state index contributed by atoms with van der Waals surface area (Å²) in [6, 6.07) is 6.92. The lowest BCUT2D eigenvalue weighted by atomic mass is 10.1. The van der Waals surface area contributed by atoms with Crippen molar-refractivity contribution in [2.75, 3.05) is 17.8 Å². The zero-order valence-corrected chi connectivity index (χ0v) is 12.0. The van der Waals surface area contributed by atoms with Crippen LogP contribution in [0.1, 0.15) is 36.0 Å². The van der Waals surface area contributed by atoms with Crippen molar-refractivity contribution in [3.8, 4) is 0 Å². The Hall–Kier alpha value is -1.39. The summed E-state index contributed by atoms with van der Waals surface area (Å²) in [5.41, 5.74) is 1.32. The van der Waals surface area contributed by atoms with Crippen molar-refractivity contribution in [3.05, 3.63) is 29.8 Å². The topological polar surface area (TPSA) is 55.4 Å². The van der Waals surface area contributed by atoms with Crippen molar-refractivity contribution >= 4 is 29.0 Å². The summed E-state index contributed by atoms with van der Waals surface area (Å²) in [5.74, 6) is 0.438. The van der Waals surface area contributed by atoms with Crippen LogP contribution in [0.25, 0.3) is 0 Å². The molecule has 1 saturated heterocycles. The molecular weight excluding hydrogens is 278 g/mol. The summed E-state index contributed by atoms with van der Waals surface area (Å²) in [7, 11) is 0. The molecule has 1 N–H and O–H groups in total. The standard InChI is InChI=1S/C15H18ClNO3/c16-9-1-3-13(18)11-5-7-12(8-6-11)17-15(19)14-4-2-10-20-14/h5-8,14H,1-4,9-10H2,(H,17,19). The van der Waals surface area contributed by atoms with E-state index in [0.717, 1.165) is 12.8 Å². The number of alkyl halides is 1. The molecule has 4 nitrogen and oxygen atoms in total. The average molecular weight is 296 g/mol. The molecule has 1 aromatic carbocycles. The van der Waals surface area contributed by atoms with Crippen LogP contribution in [0, 0.1) is 0 Å². The van der Waals surface area contributed by atoms with Crippen LogP contribution in [0.3, 0.4) is 0 Å². The monoisotopic (exact) mass is 295 g/mol. The lowest BCUT2D eigenvalue weighted by Gasteiger charge is -2.10. The first-order valence-electron chi connectivity index (χ1n) is 6.82. The van der Waals surface area contributed by atoms with Gasteiger partial charge in [0, 0.05) is 30.2 Å². The Bertz CT molecular complexity index is 467. The Morgan fingerprint density at radius 2 is 2.05 bits per heavy atom. The van der Waals surface area contributed by atoms with Crippen LogP contribution in [-0.2, 0) is 9.53 Å². The van der Waals surface area contributed by atoms with Gasteiger partial charge in [-0.05, 0) is 43.5 Å². The number of carbonyl (C=O) groups is 2. The number of ketones is 1. The van der Waals surface area contributed by atoms with Crippen molar-refractivity contribution in [1.82, 2.24) is 0 Å². The summed E-state index contributed by atoms with van der Waals surface area (Å²) in [4.78, 5) is 23.6. The molecule has 5 heteroatoms. The van der Waals surface area contributed by atoms with Crippen LogP contribution in [-0.4, -0.2) is 30.3 Å². The van der Waals surface area contributed by atoms with E-state index in [0.29, 0.717) is 36.6 Å². The smallest absolute Gasteiger partial charge is 0.253 e. The van der Waals surface area contributed by atoms with Gasteiger partial charge in [0.2, 0.25) is 0 Å². The average Bonchev–Trinajstić information content (AvgIpc) is 3.00. The SMILES string of the molecule is O=C(CCCCl)c1ccc(NC(=O)C2CCCO2)cc1. The van der Waals surface area contributed by atoms with Crippen LogP contribution in [0.15, 0.2) is 24.3 Å². The van der Waals surface area contributed by atoms with E-state index in [1.54, 1.807) is 24.3 Å². The molecule has 0 radical (unpaired) electrons. The summed E-state index contributed by atoms with van der Waals surface area (Å²) in [6.07, 6.45) is 2.47. The second-order valence-corrected chi connectivity index (χ2v) is 5.16. The Kier molecular flexibility index (Phi) is 5.56. The lowest BCUT2D eigenvalue weighted by Crippen LogP contribution is -2.26. The van der Waals surface area contributed by atoms with Gasteiger partial charge in [0.1, 0.15) is 6.10 Å². The molecule has 1 aliphatic rings. The highest BCUT2D eigenvalue weighted by atomic mass is 35.5. The predicted molar refractivity (Wildman–Crippen MR) is 78.3 cm³/mol. The molecule has 1 aromatic rings. The molecule has 1 amide bonds. The van der Waals surface area contributed by atoms with Crippen LogP contribution >= 0.6 is 11.6 Å². The number of hydrogen-bond acceptors (Lipinski definition) is 3. The van der Waals surface area contributed by atoms with Gasteiger partial charge in [-0.25, -0.2) is 0 Å². The molecule has 1 unspecified atom stereocenters. The van der Waals surface area contributed by atoms with Crippen molar-refractivity contribution in [1.29, 1.82) is 0 Å². The second-order valence-electron chi connectivity index (χ2n) is 4.78. The lowest BCUT2D eigenvalue weighted by molar-refractivity contribution is -0.124. The molecular formula is C15H18ClNO3. The van der Waals surface area contributed by atoms with Crippen molar-refractivity contribution < 1.29 is 14.3 Å². The number of Topliss-reactive ketones (excluding diaryl/α,β-unsaturated/α-hetero) is 1. The van der Waals surface area contributed by atoms with E-state index in [4.69, 9.17) is 16.3 Å². The maximum atomic E-state index is 11.9. The fraction of sp³-hybridized carbons (Fsp3) is 0.467. The van der Waals surface area contributed by atoms with Crippen LogP contribution in [0.5, 0.6) is 0 Å². The van der Waals surface area contributed by atoms with E-state index in [-0.39, 0.29) is 17.8 Å². The van der Waals surface area contributed by atoms with E-state index in [9.17, 15) is 9.59 Å². The van der Waals surface area contributed by atoms with Gasteiger partial charge >= 0.3 is 0 Å². The van der Waals surface area contributed by atoms with E-state index in [1.807, 2.05) is 0 Å². The molecule has 2 rings (SSSR count). The van der Waals surface area contributed by atoms with Crippen LogP contribution in [0.4, 0.5) is 5.69 Å². The summed E-state index contributed by atoms with van der Waals surface area (Å²) < 4.78 is 5.31. The summed E-state index contributed by atoms with van der Waals surface area (Å²) >= 11 is 5.57. The molecule has 1 heterocycles. The van der Waals surface area contributed by atoms with Gasteiger partial charge in [-0.2, -0.15) is 0 Å². The fourth-order valence-electron chi connectivity index (χ4n) is 2.12. The number of rotatable bonds is 6. The highest BCUT2D eigenvalue weighted by Gasteiger charge is 2.23. The van der Waals surface area contributed by atoms with Gasteiger partial charge < -0.3 is 10.1 Å². The number of halogens is 1. The number of benzene rings is 1. The quantitative estimate of drug-likeness (QED) is 0.648. The minimum absolute atomic E-state index is 0.0719. The van der Waals surface area contributed by atoms with Crippen LogP contribution in [0.2, 0.25) is 0 Å². The third-order valence-corrected chi connectivity index (χ3v) is 3.50. The number of amides is 1. The predicted octanol–water partition coefficient (Wildman–Crippen LogP) is 3.01. The normalized spacial score (nSPS) is 17.9. The molecule has 20 heavy (non-hydrogen) atoms. The maximum absolute atomic E-state index is 11.9. The molecule has 0 saturated carbocycles. The van der Waals surface area contributed by atoms with E-state index in [2.05, 4.69) is 5.32 Å². The van der Waals surface area contributed by atoms with Crippen molar-refractivity contribution in [3.63, 3.8) is 0 Å². The largest absolute Gasteiger partial charge is 0.368 e. The van der Waals surface area contributed by atoms with Gasteiger partial charge in [-0.3, -0.25) is 9.59 Å². The molecule has 0 aliphatic carbocycles. The molecule has 1 aliphatic heterocycles. The van der Waals surface area contributed by atoms with E-state index in [1.165, 1.54) is 0 Å². The molecule has 1 fully saturated rings. The highest BCUT2D eigenvalue weighted by Crippen LogP contribution is 2.16. The van der Waals surface area contributed by atoms with E-state index >= 15 is 0 Å². The van der Waals surface area contributed by atoms with Crippen LogP contribution < -0.4 is 5.32 Å². The number of hydrogen-bond donors (Lipinski definition) is 1. The van der Waals surface area contributed by atoms with Crippen molar-refractivity contribution in [2.45, 2.75) is 31.8 Å². The number of carbonyl (C=O) groups excluding carboxylic acids is 2. The number of nitrogens with one attached hydrogen (secondary N) is 1. The first kappa shape index (κ1) is 15.0. The summed E-state index contributed by atoms with van der Waals surface area (Å²) in [6.45, 7) is 0.645. The van der Waals surface area contributed by atoms with E-state index < -0.39 is 0 Å². The first-order chi connectivity index (χ1) is 9.70. The molecule has 0 bridgehead atoms. The Morgan fingerprint density at radius 3 is 2.65 bits per heavy atom. The summed E-state index contributed by atoms with van der Waals surface area (Å²) in [5, 5.41) is 2.80. The minimum atomic E-state index is -0.347. The highest BCUT2D eigenvalue weighted by molar-refractivity contribution is 6.18. The zero-order chi connectivity index (χ0) is 14.4. The third kappa shape index (κ3) is 4.05. The van der Waals surface area contributed by atoms with Gasteiger partial charge in [-0.1, -0.05) is 0 Å². The number of ether oxygens (including phenoxy) is 1. The van der Waals surface area contributed by atoms with Gasteiger partial charge in [0.05, 0.1) is 0 Å². The van der Waals surface area contributed by atoms with Gasteiger partial charge in [0.15, 0.2) is 5.78 Å². The molecule has 1 atom stereocenters. The van der Waals surface area contributed by atoms with Crippen molar-refractivity contribution in [2.24, 2.45) is 0 Å². The Morgan fingerprint density at radius 1 is 1.30 bits per heavy atom. The van der Waals surface area contributed by atoms with Gasteiger partial charge in [0.25, 0.3) is 5.91 Å². The second kappa shape index (κ2) is 7.41. The van der Waals surface area contributed by atoms with Gasteiger partial charge in [-0.15, -0.1) is 11.6 Å². The third-order valence-electron chi connectivity index (χ3n) is 3.23. The Labute approximate surface area is 123 Å². The minimum Gasteiger partial charge on any atom is -0.368 e. The molecule has 0 aromatic heterocycles. The Balaban J connectivity index is 1.90. The fourth-order valence-corrected chi connectivity index (χ4v) is 2.25. The number of anilines is 1. The molecule has 0 spiro atoms.